The molecule has 4 heterocycles. The number of carbonyl (C=O) groups is 16. The van der Waals surface area contributed by atoms with Gasteiger partial charge in [-0.3, -0.25) is 72.1 Å². The second kappa shape index (κ2) is 60.4. The topological polar surface area (TPSA) is 973 Å². The molecule has 0 radical (unpaired) electrons. The number of aliphatic carboxylic acids is 5. The van der Waals surface area contributed by atoms with E-state index in [1.165, 1.54) is 60.9 Å². The average molecular weight is 2100 g/mol. The zero-order valence-electron chi connectivity index (χ0n) is 78.2. The number of nitrogen functional groups attached to an aromatic ring is 2. The van der Waals surface area contributed by atoms with Gasteiger partial charge < -0.3 is 167 Å². The molecule has 4 aromatic heterocycles. The molecule has 59 heteroatoms. The predicted molar refractivity (Wildman–Crippen MR) is 507 cm³/mol. The van der Waals surface area contributed by atoms with E-state index in [1.807, 2.05) is 0 Å². The van der Waals surface area contributed by atoms with Gasteiger partial charge in [-0.25, -0.2) is 44.3 Å². The van der Waals surface area contributed by atoms with Crippen LogP contribution >= 0.6 is 21.6 Å². The van der Waals surface area contributed by atoms with Crippen LogP contribution in [0.2, 0.25) is 0 Å². The molecule has 6 aromatic rings. The molecular formula is C87H120N20O37S2. The Labute approximate surface area is 835 Å². The number of aryl methyl sites for hydroxylation is 1. The average Bonchev–Trinajstić information content (AvgIpc) is 0.811. The van der Waals surface area contributed by atoms with Crippen LogP contribution in [0.5, 0.6) is 0 Å². The molecule has 8 amide bonds. The van der Waals surface area contributed by atoms with E-state index in [4.69, 9.17) is 11.5 Å². The van der Waals surface area contributed by atoms with E-state index >= 15 is 4.79 Å². The van der Waals surface area contributed by atoms with Crippen molar-refractivity contribution in [3.05, 3.63) is 99.6 Å². The van der Waals surface area contributed by atoms with E-state index < -0.39 is 363 Å². The Kier molecular flexibility index (Phi) is 50.2. The van der Waals surface area contributed by atoms with Crippen LogP contribution < -0.4 is 70.2 Å². The zero-order chi connectivity index (χ0) is 108. The lowest BCUT2D eigenvalue weighted by molar-refractivity contribution is -0.142. The normalized spacial score (nSPS) is 15.6. The van der Waals surface area contributed by atoms with E-state index in [0.29, 0.717) is 22.9 Å². The largest absolute Gasteiger partial charge is 0.481 e. The number of ketones is 3. The highest BCUT2D eigenvalue weighted by molar-refractivity contribution is 8.76. The molecule has 0 saturated heterocycles. The van der Waals surface area contributed by atoms with Crippen molar-refractivity contribution in [1.29, 1.82) is 0 Å². The number of carbonyl (C=O) groups excluding carboxylic acids is 11. The number of hydrogen-bond donors (Lipinski definition) is 33. The van der Waals surface area contributed by atoms with Gasteiger partial charge in [0.2, 0.25) is 41.4 Å². The summed E-state index contributed by atoms with van der Waals surface area (Å²) in [5, 5.41) is 226. The van der Waals surface area contributed by atoms with Crippen molar-refractivity contribution in [2.75, 3.05) is 73.1 Å². The third-order valence-corrected chi connectivity index (χ3v) is 25.0. The molecule has 0 fully saturated rings. The van der Waals surface area contributed by atoms with Crippen molar-refractivity contribution in [2.45, 2.75) is 226 Å². The molecule has 0 unspecified atom stereocenters. The van der Waals surface area contributed by atoms with Gasteiger partial charge in [-0.1, -0.05) is 21.6 Å². The second-order valence-corrected chi connectivity index (χ2v) is 36.3. The number of Topliss-reactive ketones (excluding diaryl/α,β-unsaturated/α-hetero) is 3. The lowest BCUT2D eigenvalue weighted by Crippen LogP contribution is -2.50. The first-order chi connectivity index (χ1) is 69.0. The number of hydrogen-bond acceptors (Lipinski definition) is 45. The first kappa shape index (κ1) is 121. The fourth-order valence-corrected chi connectivity index (χ4v) is 16.2. The molecule has 0 saturated carbocycles. The monoisotopic (exact) mass is 2100 g/mol. The Morgan fingerprint density at radius 1 is 0.390 bits per heavy atom. The van der Waals surface area contributed by atoms with Gasteiger partial charge in [0, 0.05) is 129 Å². The van der Waals surface area contributed by atoms with Gasteiger partial charge in [-0.2, -0.15) is 4.98 Å². The SMILES string of the molecule is Cc1nc(N)c2nc(CNc3ccc(C(=O)N[C@@H](CCSSC[C@H](NC(=O)[C@H](CCC(=O)NC[C@H](O)[C@@H](O)[C@H](O)[C@H](O)CO)CC(=O)[C@H](CCC(=O)O)NC(=O)[C@H](CCC(=O)NC[C@H](O)[C@@H](O)[C@H](O)[C@H](O)CO)CC(=O)[C@H](CCC(=O)O)NC(=O)[C@H](CCC(=O)NC[C@H](O)[C@@H](O)[C@H](O)[C@H](O)CO)CC(=O)CC[C@H](NC(=O)c4ccc(NCc5cnc6nc(N)[nH]c(=O)c6n5)cc4)C(=O)O)C(=O)O)C(=O)O)cc3)cnc2n1. The first-order valence-electron chi connectivity index (χ1n) is 45.2. The quantitative estimate of drug-likeness (QED) is 0.0125. The number of aliphatic hydroxyl groups is 15. The summed E-state index contributed by atoms with van der Waals surface area (Å²) in [5.41, 5.74) is 13.0. The van der Waals surface area contributed by atoms with Crippen molar-refractivity contribution in [3.63, 3.8) is 0 Å². The molecule has 0 aliphatic rings. The molecule has 35 N–H and O–H groups in total. The van der Waals surface area contributed by atoms with Crippen molar-refractivity contribution >= 4 is 162 Å². The molecule has 6 rings (SSSR count). The molecule has 0 aliphatic heterocycles. The zero-order valence-corrected chi connectivity index (χ0v) is 79.8. The summed E-state index contributed by atoms with van der Waals surface area (Å²) >= 11 is 0. The van der Waals surface area contributed by atoms with Crippen molar-refractivity contribution in [3.8, 4) is 0 Å². The van der Waals surface area contributed by atoms with Gasteiger partial charge in [0.1, 0.15) is 84.7 Å². The van der Waals surface area contributed by atoms with Crippen LogP contribution in [-0.4, -0.2) is 391 Å². The van der Waals surface area contributed by atoms with Crippen LogP contribution in [0.25, 0.3) is 22.3 Å². The van der Waals surface area contributed by atoms with E-state index in [9.17, 15) is 179 Å². The van der Waals surface area contributed by atoms with E-state index in [0.717, 1.165) is 21.6 Å². The number of benzene rings is 2. The third kappa shape index (κ3) is 40.1. The van der Waals surface area contributed by atoms with E-state index in [1.54, 1.807) is 6.92 Å². The molecule has 57 nitrogen and oxygen atoms in total. The molecule has 20 atom stereocenters. The number of nitrogens with two attached hydrogens (primary N) is 2. The summed E-state index contributed by atoms with van der Waals surface area (Å²) in [6.07, 6.45) is -36.7. The summed E-state index contributed by atoms with van der Waals surface area (Å²) in [4.78, 5) is 263. The highest BCUT2D eigenvalue weighted by atomic mass is 33.1. The number of rotatable bonds is 69. The number of nitrogens with one attached hydrogen (secondary N) is 11. The number of aliphatic hydroxyl groups excluding tert-OH is 15. The van der Waals surface area contributed by atoms with Gasteiger partial charge in [0.15, 0.2) is 39.7 Å². The number of aromatic amines is 1. The number of H-pyrrole nitrogens is 1. The van der Waals surface area contributed by atoms with Gasteiger partial charge >= 0.3 is 29.8 Å². The summed E-state index contributed by atoms with van der Waals surface area (Å²) < 4.78 is 0. The van der Waals surface area contributed by atoms with Crippen LogP contribution in [0.3, 0.4) is 0 Å². The molecule has 2 aromatic carbocycles. The van der Waals surface area contributed by atoms with Gasteiger partial charge in [0.25, 0.3) is 17.4 Å². The highest BCUT2D eigenvalue weighted by Gasteiger charge is 2.39. The molecule has 0 aliphatic carbocycles. The Hall–Kier alpha value is -13.5. The molecule has 146 heavy (non-hydrogen) atoms. The van der Waals surface area contributed by atoms with E-state index in [-0.39, 0.29) is 76.2 Å². The Bertz CT molecular complexity index is 5530. The maximum absolute atomic E-state index is 15.0. The van der Waals surface area contributed by atoms with Crippen LogP contribution in [0, 0.1) is 24.7 Å². The van der Waals surface area contributed by atoms with Gasteiger partial charge in [0.05, 0.1) is 87.1 Å². The Balaban J connectivity index is 1.25. The number of carboxylic acids is 5. The number of carboxylic acid groups (broad SMARTS) is 5. The summed E-state index contributed by atoms with van der Waals surface area (Å²) in [5.74, 6) is -27.1. The Morgan fingerprint density at radius 2 is 0.747 bits per heavy atom. The van der Waals surface area contributed by atoms with Crippen molar-refractivity contribution in [2.24, 2.45) is 17.8 Å². The number of amides is 8. The number of fused-ring (bicyclic) bond motifs is 2. The number of anilines is 4. The lowest BCUT2D eigenvalue weighted by Gasteiger charge is -2.26. The van der Waals surface area contributed by atoms with E-state index in [2.05, 4.69) is 93.0 Å². The lowest BCUT2D eigenvalue weighted by atomic mass is 9.89. The highest BCUT2D eigenvalue weighted by Crippen LogP contribution is 2.28. The van der Waals surface area contributed by atoms with Gasteiger partial charge in [-0.15, -0.1) is 0 Å². The van der Waals surface area contributed by atoms with Crippen LogP contribution in [-0.2, 0) is 80.2 Å². The first-order valence-corrected chi connectivity index (χ1v) is 47.7. The minimum atomic E-state index is -2.26. The van der Waals surface area contributed by atoms with Crippen LogP contribution in [0.4, 0.5) is 23.1 Å². The molecular weight excluding hydrogens is 1980 g/mol. The minimum Gasteiger partial charge on any atom is -0.481 e. The summed E-state index contributed by atoms with van der Waals surface area (Å²) in [6.45, 7) is -4.29. The van der Waals surface area contributed by atoms with Crippen molar-refractivity contribution < 1.29 is 179 Å². The van der Waals surface area contributed by atoms with Crippen LogP contribution in [0.15, 0.2) is 65.7 Å². The Morgan fingerprint density at radius 3 is 1.13 bits per heavy atom. The molecule has 0 spiro atoms. The number of nitrogens with zero attached hydrogens (tertiary/aromatic N) is 7. The fraction of sp³-hybridized carbons (Fsp3) is 0.540. The smallest absolute Gasteiger partial charge is 0.327 e. The maximum atomic E-state index is 15.0. The summed E-state index contributed by atoms with van der Waals surface area (Å²) in [6, 6.07) is 1.76. The standard InChI is InChI=1S/C87H120N20O37S2/c1-38-97-75(88)67-76(98-38)95-29-46(99-67)27-90-44-11-4-40(5-12-44)79(134)104-52(85(141)142)22-23-145-146-37-53(86(143)144)105-82(137)43(8-19-64(122)94-33-58(116)71(129)74(132)61(119)36-110)26-55(113)50(16-21-66(125)126)102-81(136)42(7-18-63(121)93-32-57(115)70(128)73(131)60(118)35-109)25-54(112)49(15-20-65(123)124)101-80(135)41(6-17-62(120)92-31-56(114)69(127)72(130)59(117)34-108)24-48(111)13-14-51(84(139)140)103-78(133)39-2-9-45(10-3-39)91-28-47-30-96-77-68(100-47)83(138)107-87(89)106-77/h2-5,9-12,29-30,41-43,49-53,56-61,69-74,90-91,108-110,114-119,127-132H,6-8,13-28,31-37H2,1H3,(H,92,120)(H,93,121)(H,94,122)(H,101,135)(H,102,136)(H,103,133)(H,104,134)(H,105,137)(H,123,124)(H,125,126)(H,139,140)(H,141,142)(H,143,144)(H2,88,95,97,98)(H3,89,96,106,107,138)/t41-,42-,43-,49+,50+,51+,52+,53+,56+,57+,58+,59-,60-,61-,69-,70-,71-,72-,73-,74-/m1/s1. The van der Waals surface area contributed by atoms with Crippen molar-refractivity contribution in [1.82, 2.24) is 82.4 Å². The van der Waals surface area contributed by atoms with Gasteiger partial charge in [-0.05, 0) is 100 Å². The second-order valence-electron chi connectivity index (χ2n) is 33.7. The number of aromatic nitrogens is 8. The summed E-state index contributed by atoms with van der Waals surface area (Å²) in [7, 11) is 1.64. The fourth-order valence-electron chi connectivity index (χ4n) is 13.9. The van der Waals surface area contributed by atoms with Crippen LogP contribution in [0.1, 0.15) is 141 Å². The molecule has 802 valence electrons. The predicted octanol–water partition coefficient (Wildman–Crippen LogP) is -9.25. The third-order valence-electron chi connectivity index (χ3n) is 22.5. The maximum Gasteiger partial charge on any atom is 0.327 e. The minimum absolute atomic E-state index is 0.00554. The molecule has 0 bridgehead atoms.